The van der Waals surface area contributed by atoms with Crippen LogP contribution in [0.15, 0.2) is 12.4 Å². The van der Waals surface area contributed by atoms with Crippen molar-refractivity contribution in [1.29, 1.82) is 0 Å². The first-order valence-corrected chi connectivity index (χ1v) is 6.17. The van der Waals surface area contributed by atoms with Crippen molar-refractivity contribution < 1.29 is 0 Å². The Morgan fingerprint density at radius 3 is 2.94 bits per heavy atom. The average Bonchev–Trinajstić information content (AvgIpc) is 2.87. The van der Waals surface area contributed by atoms with Crippen LogP contribution in [-0.2, 0) is 13.6 Å². The molecule has 1 fully saturated rings. The van der Waals surface area contributed by atoms with E-state index in [1.165, 1.54) is 25.7 Å². The van der Waals surface area contributed by atoms with E-state index < -0.39 is 0 Å². The van der Waals surface area contributed by atoms with Crippen LogP contribution >= 0.6 is 12.2 Å². The first kappa shape index (κ1) is 11.4. The highest BCUT2D eigenvalue weighted by atomic mass is 32.1. The number of nitrogens with one attached hydrogen (secondary N) is 2. The van der Waals surface area contributed by atoms with E-state index in [9.17, 15) is 0 Å². The van der Waals surface area contributed by atoms with Crippen molar-refractivity contribution in [3.8, 4) is 0 Å². The van der Waals surface area contributed by atoms with Crippen LogP contribution < -0.4 is 10.6 Å². The van der Waals surface area contributed by atoms with Crippen LogP contribution in [0.25, 0.3) is 0 Å². The highest BCUT2D eigenvalue weighted by Gasteiger charge is 2.15. The maximum Gasteiger partial charge on any atom is 0.166 e. The number of nitrogens with zero attached hydrogens (tertiary/aromatic N) is 2. The summed E-state index contributed by atoms with van der Waals surface area (Å²) >= 11 is 5.25. The summed E-state index contributed by atoms with van der Waals surface area (Å²) < 4.78 is 1.99. The molecule has 0 radical (unpaired) electrons. The number of rotatable bonds is 3. The van der Waals surface area contributed by atoms with Crippen molar-refractivity contribution in [2.45, 2.75) is 38.3 Å². The third-order valence-corrected chi connectivity index (χ3v) is 3.28. The normalized spacial score (nSPS) is 16.3. The molecule has 2 N–H and O–H groups in total. The summed E-state index contributed by atoms with van der Waals surface area (Å²) in [7, 11) is 1.98. The molecule has 0 saturated heterocycles. The molecule has 1 heterocycles. The first-order valence-electron chi connectivity index (χ1n) is 5.76. The summed E-state index contributed by atoms with van der Waals surface area (Å²) in [6.45, 7) is 0.683. The molecule has 88 valence electrons. The summed E-state index contributed by atoms with van der Waals surface area (Å²) in [6.07, 6.45) is 8.85. The van der Waals surface area contributed by atoms with Gasteiger partial charge in [0, 0.05) is 25.5 Å². The Labute approximate surface area is 101 Å². The van der Waals surface area contributed by atoms with Crippen LogP contribution in [0.3, 0.4) is 0 Å². The summed E-state index contributed by atoms with van der Waals surface area (Å²) in [5.74, 6) is 0.996. The van der Waals surface area contributed by atoms with Crippen molar-refractivity contribution >= 4 is 17.3 Å². The maximum atomic E-state index is 5.25. The minimum absolute atomic E-state index is 0.571. The molecule has 5 heteroatoms. The van der Waals surface area contributed by atoms with Gasteiger partial charge in [-0.3, -0.25) is 0 Å². The molecular weight excluding hydrogens is 220 g/mol. The monoisotopic (exact) mass is 238 g/mol. The molecule has 0 bridgehead atoms. The zero-order valence-electron chi connectivity index (χ0n) is 9.57. The van der Waals surface area contributed by atoms with Crippen LogP contribution in [0.2, 0.25) is 0 Å². The lowest BCUT2D eigenvalue weighted by Gasteiger charge is -2.15. The fraction of sp³-hybridized carbons (Fsp3) is 0.636. The van der Waals surface area contributed by atoms with Gasteiger partial charge < -0.3 is 15.2 Å². The van der Waals surface area contributed by atoms with E-state index in [-0.39, 0.29) is 0 Å². The van der Waals surface area contributed by atoms with Crippen LogP contribution in [0, 0.1) is 0 Å². The van der Waals surface area contributed by atoms with Gasteiger partial charge in [0.05, 0.1) is 6.54 Å². The van der Waals surface area contributed by atoms with Crippen LogP contribution in [0.4, 0.5) is 0 Å². The van der Waals surface area contributed by atoms with Gasteiger partial charge in [-0.2, -0.15) is 0 Å². The second kappa shape index (κ2) is 5.30. The highest BCUT2D eigenvalue weighted by Crippen LogP contribution is 2.17. The smallest absolute Gasteiger partial charge is 0.166 e. The van der Waals surface area contributed by atoms with Crippen LogP contribution in [0.5, 0.6) is 0 Å². The third kappa shape index (κ3) is 2.95. The van der Waals surface area contributed by atoms with Crippen LogP contribution in [0.1, 0.15) is 31.5 Å². The average molecular weight is 238 g/mol. The SMILES string of the molecule is Cn1ccnc1CNC(=S)NC1CCCC1. The largest absolute Gasteiger partial charge is 0.360 e. The Kier molecular flexibility index (Phi) is 3.77. The second-order valence-electron chi connectivity index (χ2n) is 4.26. The third-order valence-electron chi connectivity index (χ3n) is 3.02. The van der Waals surface area contributed by atoms with Gasteiger partial charge in [0.25, 0.3) is 0 Å². The Morgan fingerprint density at radius 2 is 2.31 bits per heavy atom. The molecule has 1 saturated carbocycles. The van der Waals surface area contributed by atoms with E-state index in [4.69, 9.17) is 12.2 Å². The fourth-order valence-corrected chi connectivity index (χ4v) is 2.27. The zero-order chi connectivity index (χ0) is 11.4. The molecule has 0 spiro atoms. The van der Waals surface area contributed by atoms with Gasteiger partial charge in [-0.1, -0.05) is 12.8 Å². The quantitative estimate of drug-likeness (QED) is 0.780. The van der Waals surface area contributed by atoms with E-state index in [1.807, 2.05) is 17.8 Å². The molecule has 0 amide bonds. The molecule has 1 aliphatic rings. The van der Waals surface area contributed by atoms with Gasteiger partial charge in [0.15, 0.2) is 5.11 Å². The molecule has 2 rings (SSSR count). The van der Waals surface area contributed by atoms with E-state index in [2.05, 4.69) is 15.6 Å². The molecule has 0 aromatic carbocycles. The van der Waals surface area contributed by atoms with Crippen molar-refractivity contribution in [3.63, 3.8) is 0 Å². The Morgan fingerprint density at radius 1 is 1.56 bits per heavy atom. The van der Waals surface area contributed by atoms with E-state index in [0.29, 0.717) is 12.6 Å². The Balaban J connectivity index is 1.73. The van der Waals surface area contributed by atoms with Gasteiger partial charge >= 0.3 is 0 Å². The summed E-state index contributed by atoms with van der Waals surface area (Å²) in [5, 5.41) is 7.28. The zero-order valence-corrected chi connectivity index (χ0v) is 10.4. The van der Waals surface area contributed by atoms with Crippen molar-refractivity contribution in [2.75, 3.05) is 0 Å². The number of aromatic nitrogens is 2. The molecule has 1 aromatic rings. The fourth-order valence-electron chi connectivity index (χ4n) is 2.03. The number of hydrogen-bond acceptors (Lipinski definition) is 2. The molecule has 1 aromatic heterocycles. The molecule has 0 aliphatic heterocycles. The van der Waals surface area contributed by atoms with Gasteiger partial charge in [0.1, 0.15) is 5.82 Å². The summed E-state index contributed by atoms with van der Waals surface area (Å²) in [5.41, 5.74) is 0. The predicted octanol–water partition coefficient (Wildman–Crippen LogP) is 1.33. The van der Waals surface area contributed by atoms with E-state index in [1.54, 1.807) is 6.20 Å². The topological polar surface area (TPSA) is 41.9 Å². The minimum atomic E-state index is 0.571. The molecule has 4 nitrogen and oxygen atoms in total. The number of imidazole rings is 1. The lowest BCUT2D eigenvalue weighted by Crippen LogP contribution is -2.40. The van der Waals surface area contributed by atoms with Gasteiger partial charge in [-0.25, -0.2) is 4.98 Å². The van der Waals surface area contributed by atoms with E-state index >= 15 is 0 Å². The Bertz CT molecular complexity index is 355. The first-order chi connectivity index (χ1) is 7.75. The van der Waals surface area contributed by atoms with E-state index in [0.717, 1.165) is 10.9 Å². The van der Waals surface area contributed by atoms with Gasteiger partial charge in [-0.05, 0) is 25.1 Å². The summed E-state index contributed by atoms with van der Waals surface area (Å²) in [6, 6.07) is 0.571. The van der Waals surface area contributed by atoms with Crippen molar-refractivity contribution in [1.82, 2.24) is 20.2 Å². The lowest BCUT2D eigenvalue weighted by molar-refractivity contribution is 0.617. The number of aryl methyl sites for hydroxylation is 1. The van der Waals surface area contributed by atoms with Gasteiger partial charge in [-0.15, -0.1) is 0 Å². The maximum absolute atomic E-state index is 5.25. The number of hydrogen-bond donors (Lipinski definition) is 2. The molecule has 16 heavy (non-hydrogen) atoms. The standard InChI is InChI=1S/C11H18N4S/c1-15-7-6-12-10(15)8-13-11(16)14-9-4-2-3-5-9/h6-7,9H,2-5,8H2,1H3,(H2,13,14,16). The van der Waals surface area contributed by atoms with Crippen LogP contribution in [-0.4, -0.2) is 20.7 Å². The molecule has 0 unspecified atom stereocenters. The van der Waals surface area contributed by atoms with Crippen molar-refractivity contribution in [3.05, 3.63) is 18.2 Å². The second-order valence-corrected chi connectivity index (χ2v) is 4.67. The molecule has 0 atom stereocenters. The predicted molar refractivity (Wildman–Crippen MR) is 68.0 cm³/mol. The lowest BCUT2D eigenvalue weighted by atomic mass is 10.3. The molecular formula is C11H18N4S. The Hall–Kier alpha value is -1.10. The van der Waals surface area contributed by atoms with Gasteiger partial charge in [0.2, 0.25) is 0 Å². The minimum Gasteiger partial charge on any atom is -0.360 e. The number of thiocarbonyl (C=S) groups is 1. The molecule has 1 aliphatic carbocycles. The summed E-state index contributed by atoms with van der Waals surface area (Å²) in [4.78, 5) is 4.23. The highest BCUT2D eigenvalue weighted by molar-refractivity contribution is 7.80. The van der Waals surface area contributed by atoms with Crippen molar-refractivity contribution in [2.24, 2.45) is 7.05 Å².